The van der Waals surface area contributed by atoms with E-state index in [0.29, 0.717) is 24.2 Å². The third kappa shape index (κ3) is 5.75. The van der Waals surface area contributed by atoms with Gasteiger partial charge in [0.1, 0.15) is 13.2 Å². The second kappa shape index (κ2) is 10.4. The van der Waals surface area contributed by atoms with Gasteiger partial charge in [-0.15, -0.1) is 0 Å². The number of allylic oxidation sites excluding steroid dienone is 3. The third-order valence-electron chi connectivity index (χ3n) is 6.64. The molecule has 5 atom stereocenters. The second-order valence-corrected chi connectivity index (χ2v) is 9.32. The Morgan fingerprint density at radius 2 is 2.03 bits per heavy atom. The van der Waals surface area contributed by atoms with E-state index >= 15 is 0 Å². The SMILES string of the molecule is CN(C)CCOC(=O)OC[C@H]1CC[C@@H]2[C@H](O1)c1cc(C(F)(F)F)ccc1N[C@H]2C1C=CC=CC1. The van der Waals surface area contributed by atoms with Crippen LogP contribution in [0.2, 0.25) is 0 Å². The van der Waals surface area contributed by atoms with Crippen molar-refractivity contribution in [3.8, 4) is 0 Å². The summed E-state index contributed by atoms with van der Waals surface area (Å²) in [5, 5.41) is 3.50. The van der Waals surface area contributed by atoms with Gasteiger partial charge in [-0.05, 0) is 51.6 Å². The molecule has 6 nitrogen and oxygen atoms in total. The van der Waals surface area contributed by atoms with Crippen molar-refractivity contribution < 1.29 is 32.2 Å². The van der Waals surface area contributed by atoms with E-state index in [1.54, 1.807) is 0 Å². The van der Waals surface area contributed by atoms with Gasteiger partial charge in [-0.1, -0.05) is 24.3 Å². The fourth-order valence-electron chi connectivity index (χ4n) is 4.90. The van der Waals surface area contributed by atoms with Crippen molar-refractivity contribution in [2.24, 2.45) is 11.8 Å². The van der Waals surface area contributed by atoms with Crippen LogP contribution in [0.4, 0.5) is 23.7 Å². The first-order valence-electron chi connectivity index (χ1n) is 11.6. The van der Waals surface area contributed by atoms with Gasteiger partial charge in [-0.3, -0.25) is 0 Å². The van der Waals surface area contributed by atoms with Gasteiger partial charge in [0.25, 0.3) is 0 Å². The van der Waals surface area contributed by atoms with E-state index in [0.717, 1.165) is 18.9 Å². The number of hydrogen-bond acceptors (Lipinski definition) is 6. The highest BCUT2D eigenvalue weighted by atomic mass is 19.4. The Morgan fingerprint density at radius 1 is 1.21 bits per heavy atom. The van der Waals surface area contributed by atoms with Gasteiger partial charge in [-0.2, -0.15) is 13.2 Å². The van der Waals surface area contributed by atoms with Crippen molar-refractivity contribution in [3.63, 3.8) is 0 Å². The fourth-order valence-corrected chi connectivity index (χ4v) is 4.90. The van der Waals surface area contributed by atoms with Crippen LogP contribution < -0.4 is 5.32 Å². The summed E-state index contributed by atoms with van der Waals surface area (Å²) < 4.78 is 56.9. The summed E-state index contributed by atoms with van der Waals surface area (Å²) in [5.41, 5.74) is 0.466. The number of rotatable bonds is 6. The smallest absolute Gasteiger partial charge is 0.433 e. The largest absolute Gasteiger partial charge is 0.508 e. The topological polar surface area (TPSA) is 60.0 Å². The summed E-state index contributed by atoms with van der Waals surface area (Å²) in [4.78, 5) is 13.8. The molecule has 4 rings (SSSR count). The molecule has 2 aliphatic heterocycles. The average molecular weight is 481 g/mol. The molecule has 0 amide bonds. The lowest BCUT2D eigenvalue weighted by Crippen LogP contribution is -2.47. The zero-order valence-electron chi connectivity index (χ0n) is 19.4. The molecule has 0 bridgehead atoms. The molecule has 1 aliphatic carbocycles. The number of benzene rings is 1. The van der Waals surface area contributed by atoms with Crippen molar-refractivity contribution in [3.05, 3.63) is 53.6 Å². The van der Waals surface area contributed by atoms with Crippen LogP contribution in [0.3, 0.4) is 0 Å². The van der Waals surface area contributed by atoms with Gasteiger partial charge in [-0.25, -0.2) is 4.79 Å². The maximum atomic E-state index is 13.4. The number of carbonyl (C=O) groups is 1. The fraction of sp³-hybridized carbons (Fsp3) is 0.560. The van der Waals surface area contributed by atoms with Crippen LogP contribution in [-0.4, -0.2) is 57.1 Å². The van der Waals surface area contributed by atoms with Gasteiger partial charge in [0.15, 0.2) is 0 Å². The predicted molar refractivity (Wildman–Crippen MR) is 121 cm³/mol. The summed E-state index contributed by atoms with van der Waals surface area (Å²) in [6, 6.07) is 3.82. The Balaban J connectivity index is 1.49. The number of nitrogens with one attached hydrogen (secondary N) is 1. The van der Waals surface area contributed by atoms with Crippen molar-refractivity contribution in [2.75, 3.05) is 39.2 Å². The summed E-state index contributed by atoms with van der Waals surface area (Å²) in [6.07, 6.45) is 4.37. The molecule has 1 fully saturated rings. The van der Waals surface area contributed by atoms with Crippen molar-refractivity contribution >= 4 is 11.8 Å². The molecule has 2 heterocycles. The minimum atomic E-state index is -4.44. The predicted octanol–water partition coefficient (Wildman–Crippen LogP) is 5.18. The molecule has 1 N–H and O–H groups in total. The first kappa shape index (κ1) is 24.6. The van der Waals surface area contributed by atoms with Gasteiger partial charge < -0.3 is 24.4 Å². The Morgan fingerprint density at radius 3 is 2.74 bits per heavy atom. The van der Waals surface area contributed by atoms with Crippen LogP contribution >= 0.6 is 0 Å². The first-order valence-corrected chi connectivity index (χ1v) is 11.6. The maximum Gasteiger partial charge on any atom is 0.508 e. The van der Waals surface area contributed by atoms with E-state index in [4.69, 9.17) is 14.2 Å². The second-order valence-electron chi connectivity index (χ2n) is 9.32. The lowest BCUT2D eigenvalue weighted by Gasteiger charge is -2.47. The maximum absolute atomic E-state index is 13.4. The lowest BCUT2D eigenvalue weighted by atomic mass is 9.73. The van der Waals surface area contributed by atoms with E-state index in [9.17, 15) is 18.0 Å². The molecule has 0 radical (unpaired) electrons. The summed E-state index contributed by atoms with van der Waals surface area (Å²) in [6.45, 7) is 0.797. The van der Waals surface area contributed by atoms with Gasteiger partial charge in [0.05, 0.1) is 17.8 Å². The molecule has 34 heavy (non-hydrogen) atoms. The van der Waals surface area contributed by atoms with Crippen LogP contribution in [-0.2, 0) is 20.4 Å². The summed E-state index contributed by atoms with van der Waals surface area (Å²) in [7, 11) is 3.74. The highest BCUT2D eigenvalue weighted by Crippen LogP contribution is 2.49. The normalized spacial score (nSPS) is 28.1. The average Bonchev–Trinajstić information content (AvgIpc) is 2.81. The summed E-state index contributed by atoms with van der Waals surface area (Å²) >= 11 is 0. The highest BCUT2D eigenvalue weighted by molar-refractivity contribution is 5.60. The van der Waals surface area contributed by atoms with Crippen molar-refractivity contribution in [1.29, 1.82) is 0 Å². The summed E-state index contributed by atoms with van der Waals surface area (Å²) in [5.74, 6) is 0.219. The quantitative estimate of drug-likeness (QED) is 0.566. The van der Waals surface area contributed by atoms with Gasteiger partial charge >= 0.3 is 12.3 Å². The molecule has 0 spiro atoms. The monoisotopic (exact) mass is 480 g/mol. The molecule has 9 heteroatoms. The molecular formula is C25H31F3N2O4. The molecule has 1 unspecified atom stereocenters. The molecule has 0 aromatic heterocycles. The number of hydrogen-bond donors (Lipinski definition) is 1. The number of anilines is 1. The van der Waals surface area contributed by atoms with Crippen LogP contribution in [0.1, 0.15) is 36.5 Å². The van der Waals surface area contributed by atoms with Crippen LogP contribution in [0.15, 0.2) is 42.5 Å². The number of likely N-dealkylation sites (N-methyl/N-ethyl adjacent to an activating group) is 1. The molecule has 1 aromatic carbocycles. The number of halogens is 3. The number of alkyl halides is 3. The number of nitrogens with zero attached hydrogens (tertiary/aromatic N) is 1. The van der Waals surface area contributed by atoms with Crippen molar-refractivity contribution in [1.82, 2.24) is 4.90 Å². The Labute approximate surface area is 197 Å². The zero-order valence-corrected chi connectivity index (χ0v) is 19.4. The number of ether oxygens (including phenoxy) is 3. The standard InChI is InChI=1S/C25H31F3N2O4/c1-30(2)12-13-32-24(31)33-15-18-9-10-19-22(16-6-4-3-5-7-16)29-21-11-8-17(25(26,27)28)14-20(21)23(19)34-18/h3-6,8,11,14,16,18-19,22-23,29H,7,9-10,12-13,15H2,1-2H3/t16?,18-,19+,22+,23+/m1/s1. The zero-order chi connectivity index (χ0) is 24.3. The third-order valence-corrected chi connectivity index (χ3v) is 6.64. The molecular weight excluding hydrogens is 449 g/mol. The first-order chi connectivity index (χ1) is 16.2. The van der Waals surface area contributed by atoms with Crippen molar-refractivity contribution in [2.45, 2.75) is 43.7 Å². The molecule has 186 valence electrons. The van der Waals surface area contributed by atoms with E-state index in [2.05, 4.69) is 17.5 Å². The van der Waals surface area contributed by atoms with E-state index in [1.165, 1.54) is 12.1 Å². The minimum Gasteiger partial charge on any atom is -0.433 e. The lowest BCUT2D eigenvalue weighted by molar-refractivity contribution is -0.138. The van der Waals surface area contributed by atoms with E-state index in [1.807, 2.05) is 31.1 Å². The molecule has 3 aliphatic rings. The molecule has 1 saturated heterocycles. The Hall–Kier alpha value is -2.52. The molecule has 0 saturated carbocycles. The van der Waals surface area contributed by atoms with E-state index in [-0.39, 0.29) is 31.1 Å². The van der Waals surface area contributed by atoms with Gasteiger partial charge in [0.2, 0.25) is 0 Å². The highest BCUT2D eigenvalue weighted by Gasteiger charge is 2.45. The number of carbonyl (C=O) groups excluding carboxylic acids is 1. The van der Waals surface area contributed by atoms with E-state index < -0.39 is 30.1 Å². The molecule has 1 aromatic rings. The Bertz CT molecular complexity index is 931. The minimum absolute atomic E-state index is 0.000395. The Kier molecular flexibility index (Phi) is 7.52. The van der Waals surface area contributed by atoms with Crippen LogP contribution in [0.5, 0.6) is 0 Å². The number of fused-ring (bicyclic) bond motifs is 3. The van der Waals surface area contributed by atoms with Crippen LogP contribution in [0.25, 0.3) is 0 Å². The van der Waals surface area contributed by atoms with Crippen LogP contribution in [0, 0.1) is 11.8 Å². The van der Waals surface area contributed by atoms with Gasteiger partial charge in [0, 0.05) is 35.7 Å².